The molecule has 0 bridgehead atoms. The van der Waals surface area contributed by atoms with E-state index in [2.05, 4.69) is 18.8 Å². The topological polar surface area (TPSA) is 24.7 Å². The molecule has 2 rings (SSSR count). The summed E-state index contributed by atoms with van der Waals surface area (Å²) in [7, 11) is 0. The van der Waals surface area contributed by atoms with Crippen LogP contribution in [0.15, 0.2) is 70.6 Å². The molecule has 0 saturated carbocycles. The van der Waals surface area contributed by atoms with Crippen molar-refractivity contribution in [2.75, 3.05) is 0 Å². The number of rotatable bonds is 14. The van der Waals surface area contributed by atoms with Gasteiger partial charge in [-0.3, -0.25) is 4.99 Å². The average molecular weight is 487 g/mol. The normalized spacial score (nSPS) is 11.5. The molecule has 0 heterocycles. The van der Waals surface area contributed by atoms with Gasteiger partial charge >= 0.3 is 0 Å². The fourth-order valence-corrected chi connectivity index (χ4v) is 3.60. The Morgan fingerprint density at radius 2 is 1.09 bits per heavy atom. The summed E-state index contributed by atoms with van der Waals surface area (Å²) in [6.45, 7) is 4.27. The summed E-state index contributed by atoms with van der Waals surface area (Å²) in [5, 5.41) is 0. The summed E-state index contributed by atoms with van der Waals surface area (Å²) < 4.78 is 0. The van der Waals surface area contributed by atoms with Crippen LogP contribution in [-0.4, -0.2) is 11.4 Å². The van der Waals surface area contributed by atoms with Crippen molar-refractivity contribution in [3.8, 4) is 11.8 Å². The number of unbranched alkanes of at least 4 members (excludes halogenated alkanes) is 11. The molecular weight excluding hydrogens is 447 g/mol. The number of hydrogen-bond acceptors (Lipinski definition) is 2. The third-order valence-electron chi connectivity index (χ3n) is 5.50. The molecule has 0 radical (unpaired) electrons. The first-order chi connectivity index (χ1) is 15.8. The SMILES string of the molecule is CCCCCCCCCCCCCC#CC(=N\c1ccccc1)/C(C)=N/c1ccccc1.[Ni]. The first-order valence-electron chi connectivity index (χ1n) is 12.5. The van der Waals surface area contributed by atoms with Crippen molar-refractivity contribution in [2.24, 2.45) is 9.98 Å². The predicted octanol–water partition coefficient (Wildman–Crippen LogP) is 9.25. The van der Waals surface area contributed by atoms with E-state index in [1.807, 2.05) is 67.6 Å². The number of para-hydroxylation sites is 2. The molecule has 0 amide bonds. The van der Waals surface area contributed by atoms with E-state index in [-0.39, 0.29) is 16.5 Å². The molecule has 0 spiro atoms. The van der Waals surface area contributed by atoms with Gasteiger partial charge in [-0.2, -0.15) is 0 Å². The molecule has 3 heteroatoms. The van der Waals surface area contributed by atoms with Crippen LogP contribution in [0.25, 0.3) is 0 Å². The summed E-state index contributed by atoms with van der Waals surface area (Å²) >= 11 is 0. The molecule has 33 heavy (non-hydrogen) atoms. The number of aliphatic imine (C=N–C) groups is 2. The molecule has 0 aliphatic heterocycles. The Bertz CT molecular complexity index is 860. The summed E-state index contributed by atoms with van der Waals surface area (Å²) in [4.78, 5) is 9.48. The molecule has 0 atom stereocenters. The molecule has 0 fully saturated rings. The Hall–Kier alpha value is -2.17. The molecule has 2 aromatic rings. The minimum absolute atomic E-state index is 0. The van der Waals surface area contributed by atoms with Gasteiger partial charge in [-0.25, -0.2) is 4.99 Å². The molecular formula is C30H40N2Ni. The van der Waals surface area contributed by atoms with Crippen LogP contribution in [0.4, 0.5) is 11.4 Å². The first kappa shape index (κ1) is 28.9. The molecule has 0 aliphatic rings. The maximum absolute atomic E-state index is 4.76. The van der Waals surface area contributed by atoms with Crippen molar-refractivity contribution >= 4 is 22.8 Å². The first-order valence-corrected chi connectivity index (χ1v) is 12.5. The van der Waals surface area contributed by atoms with E-state index in [0.717, 1.165) is 35.6 Å². The fourth-order valence-electron chi connectivity index (χ4n) is 3.60. The Morgan fingerprint density at radius 1 is 0.636 bits per heavy atom. The predicted molar refractivity (Wildman–Crippen MR) is 142 cm³/mol. The molecule has 2 nitrogen and oxygen atoms in total. The van der Waals surface area contributed by atoms with Crippen LogP contribution in [0, 0.1) is 11.8 Å². The van der Waals surface area contributed by atoms with Crippen LogP contribution < -0.4 is 0 Å². The van der Waals surface area contributed by atoms with Gasteiger partial charge in [-0.15, -0.1) is 0 Å². The van der Waals surface area contributed by atoms with Crippen LogP contribution in [0.2, 0.25) is 0 Å². The fraction of sp³-hybridized carbons (Fsp3) is 0.467. The van der Waals surface area contributed by atoms with Crippen molar-refractivity contribution in [3.63, 3.8) is 0 Å². The largest absolute Gasteiger partial charge is 0.251 e. The van der Waals surface area contributed by atoms with Gasteiger partial charge in [-0.05, 0) is 43.5 Å². The summed E-state index contributed by atoms with van der Waals surface area (Å²) in [6, 6.07) is 20.0. The number of hydrogen-bond donors (Lipinski definition) is 0. The zero-order chi connectivity index (χ0) is 22.7. The second kappa shape index (κ2) is 19.3. The van der Waals surface area contributed by atoms with Crippen LogP contribution in [0.5, 0.6) is 0 Å². The van der Waals surface area contributed by atoms with Crippen molar-refractivity contribution < 1.29 is 16.5 Å². The number of benzene rings is 2. The molecule has 0 N–H and O–H groups in total. The van der Waals surface area contributed by atoms with Crippen LogP contribution in [-0.2, 0) is 16.5 Å². The monoisotopic (exact) mass is 486 g/mol. The molecule has 0 unspecified atom stereocenters. The van der Waals surface area contributed by atoms with E-state index in [1.54, 1.807) is 0 Å². The van der Waals surface area contributed by atoms with E-state index >= 15 is 0 Å². The van der Waals surface area contributed by atoms with Gasteiger partial charge in [0.25, 0.3) is 0 Å². The van der Waals surface area contributed by atoms with Crippen LogP contribution in [0.3, 0.4) is 0 Å². The second-order valence-electron chi connectivity index (χ2n) is 8.42. The van der Waals surface area contributed by atoms with Gasteiger partial charge in [0, 0.05) is 22.9 Å². The van der Waals surface area contributed by atoms with Gasteiger partial charge in [0.15, 0.2) is 0 Å². The smallest absolute Gasteiger partial charge is 0.135 e. The van der Waals surface area contributed by atoms with Gasteiger partial charge < -0.3 is 0 Å². The third-order valence-corrected chi connectivity index (χ3v) is 5.50. The maximum Gasteiger partial charge on any atom is 0.135 e. The van der Waals surface area contributed by atoms with Gasteiger partial charge in [0.2, 0.25) is 0 Å². The van der Waals surface area contributed by atoms with Crippen LogP contribution in [0.1, 0.15) is 90.9 Å². The van der Waals surface area contributed by atoms with E-state index in [0.29, 0.717) is 0 Å². The van der Waals surface area contributed by atoms with E-state index in [1.165, 1.54) is 64.2 Å². The Balaban J connectivity index is 0.00000544. The standard InChI is InChI=1S/C30H40N2.Ni/c1-3-4-5-6-7-8-9-10-11-12-13-14-21-26-30(32-29-24-19-16-20-25-29)27(2)31-28-22-17-15-18-23-28;/h15-20,22-25H,3-14H2,1-2H3;/b31-27+,32-30+;. The van der Waals surface area contributed by atoms with E-state index in [9.17, 15) is 0 Å². The molecule has 180 valence electrons. The molecule has 0 saturated heterocycles. The Kier molecular flexibility index (Phi) is 16.9. The summed E-state index contributed by atoms with van der Waals surface area (Å²) in [5.74, 6) is 6.63. The molecule has 0 aliphatic carbocycles. The van der Waals surface area contributed by atoms with E-state index < -0.39 is 0 Å². The third kappa shape index (κ3) is 13.9. The van der Waals surface area contributed by atoms with Crippen molar-refractivity contribution in [1.82, 2.24) is 0 Å². The van der Waals surface area contributed by atoms with Crippen molar-refractivity contribution in [3.05, 3.63) is 60.7 Å². The average Bonchev–Trinajstić information content (AvgIpc) is 2.82. The minimum atomic E-state index is 0. The van der Waals surface area contributed by atoms with Gasteiger partial charge in [0.05, 0.1) is 17.1 Å². The molecule has 0 aromatic heterocycles. The van der Waals surface area contributed by atoms with Gasteiger partial charge in [0.1, 0.15) is 5.71 Å². The second-order valence-corrected chi connectivity index (χ2v) is 8.42. The summed E-state index contributed by atoms with van der Waals surface area (Å²) in [6.07, 6.45) is 15.8. The van der Waals surface area contributed by atoms with Crippen LogP contribution >= 0.6 is 0 Å². The summed E-state index contributed by atoms with van der Waals surface area (Å²) in [5.41, 5.74) is 3.45. The van der Waals surface area contributed by atoms with E-state index in [4.69, 9.17) is 9.98 Å². The number of nitrogens with zero attached hydrogens (tertiary/aromatic N) is 2. The van der Waals surface area contributed by atoms with Crippen molar-refractivity contribution in [2.45, 2.75) is 90.9 Å². The van der Waals surface area contributed by atoms with Crippen molar-refractivity contribution in [1.29, 1.82) is 0 Å². The Morgan fingerprint density at radius 3 is 1.61 bits per heavy atom. The van der Waals surface area contributed by atoms with Gasteiger partial charge in [-0.1, -0.05) is 113 Å². The maximum atomic E-state index is 4.76. The molecule has 2 aromatic carbocycles. The zero-order valence-corrected chi connectivity index (χ0v) is 21.5. The zero-order valence-electron chi connectivity index (χ0n) is 20.5. The minimum Gasteiger partial charge on any atom is -0.251 e. The quantitative estimate of drug-likeness (QED) is 0.110. The Labute approximate surface area is 212 Å².